The van der Waals surface area contributed by atoms with Crippen molar-refractivity contribution in [2.75, 3.05) is 13.2 Å². The molecule has 1 aromatic heterocycles. The second-order valence-electron chi connectivity index (χ2n) is 5.16. The van der Waals surface area contributed by atoms with Crippen LogP contribution in [0.1, 0.15) is 29.8 Å². The fourth-order valence-electron chi connectivity index (χ4n) is 2.41. The van der Waals surface area contributed by atoms with Crippen molar-refractivity contribution in [2.45, 2.75) is 25.3 Å². The van der Waals surface area contributed by atoms with Crippen molar-refractivity contribution in [1.29, 1.82) is 0 Å². The molecular weight excluding hydrogens is 244 g/mol. The highest BCUT2D eigenvalue weighted by atomic mass is 16.5. The third kappa shape index (κ3) is 2.75. The van der Waals surface area contributed by atoms with Gasteiger partial charge in [-0.2, -0.15) is 0 Å². The van der Waals surface area contributed by atoms with Gasteiger partial charge < -0.3 is 9.64 Å². The lowest BCUT2D eigenvalue weighted by atomic mass is 10.1. The molecule has 5 heteroatoms. The van der Waals surface area contributed by atoms with E-state index in [-0.39, 0.29) is 11.8 Å². The Morgan fingerprint density at radius 2 is 2.26 bits per heavy atom. The number of rotatable bonds is 4. The maximum absolute atomic E-state index is 11.8. The van der Waals surface area contributed by atoms with Crippen molar-refractivity contribution in [3.05, 3.63) is 30.1 Å². The summed E-state index contributed by atoms with van der Waals surface area (Å²) in [4.78, 5) is 29.4. The number of hydrogen-bond acceptors (Lipinski definition) is 4. The van der Waals surface area contributed by atoms with Gasteiger partial charge in [0, 0.05) is 31.1 Å². The maximum atomic E-state index is 11.8. The molecule has 0 aromatic carbocycles. The molecule has 2 fully saturated rings. The fraction of sp³-hybridized carbons (Fsp3) is 0.500. The number of likely N-dealkylation sites (tertiary alicyclic amines) is 1. The number of pyridine rings is 1. The highest BCUT2D eigenvalue weighted by Gasteiger charge is 2.39. The summed E-state index contributed by atoms with van der Waals surface area (Å²) in [5.74, 6) is -0.0972. The molecule has 1 atom stereocenters. The standard InChI is InChI=1S/C14H16N2O3/c17-13-7-10(8-16(13)11-4-5-11)9-19-14(18)12-3-1-2-6-15-12/h1-3,6,10-11H,4-5,7-9H2/t10-/m1/s1. The number of carbonyl (C=O) groups is 2. The smallest absolute Gasteiger partial charge is 0.356 e. The predicted molar refractivity (Wildman–Crippen MR) is 67.4 cm³/mol. The molecule has 0 spiro atoms. The zero-order valence-corrected chi connectivity index (χ0v) is 10.6. The van der Waals surface area contributed by atoms with E-state index >= 15 is 0 Å². The lowest BCUT2D eigenvalue weighted by molar-refractivity contribution is -0.128. The Balaban J connectivity index is 1.50. The first kappa shape index (κ1) is 12.1. The van der Waals surface area contributed by atoms with Crippen LogP contribution in [0.5, 0.6) is 0 Å². The molecular formula is C14H16N2O3. The third-order valence-electron chi connectivity index (χ3n) is 3.55. The second-order valence-corrected chi connectivity index (χ2v) is 5.16. The normalized spacial score (nSPS) is 22.6. The lowest BCUT2D eigenvalue weighted by Crippen LogP contribution is -2.28. The van der Waals surface area contributed by atoms with E-state index in [4.69, 9.17) is 4.74 Å². The molecule has 1 aliphatic heterocycles. The number of esters is 1. The van der Waals surface area contributed by atoms with Gasteiger partial charge in [0.1, 0.15) is 5.69 Å². The number of aromatic nitrogens is 1. The van der Waals surface area contributed by atoms with Crippen LogP contribution >= 0.6 is 0 Å². The van der Waals surface area contributed by atoms with Crippen molar-refractivity contribution in [3.63, 3.8) is 0 Å². The van der Waals surface area contributed by atoms with Crippen molar-refractivity contribution < 1.29 is 14.3 Å². The van der Waals surface area contributed by atoms with Crippen LogP contribution in [0.4, 0.5) is 0 Å². The third-order valence-corrected chi connectivity index (χ3v) is 3.55. The van der Waals surface area contributed by atoms with Gasteiger partial charge in [0.05, 0.1) is 6.61 Å². The van der Waals surface area contributed by atoms with E-state index in [1.807, 2.05) is 4.90 Å². The first-order valence-electron chi connectivity index (χ1n) is 6.61. The molecule has 1 saturated heterocycles. The molecule has 0 N–H and O–H groups in total. The van der Waals surface area contributed by atoms with Gasteiger partial charge in [-0.05, 0) is 25.0 Å². The van der Waals surface area contributed by atoms with Crippen molar-refractivity contribution in [2.24, 2.45) is 5.92 Å². The van der Waals surface area contributed by atoms with Crippen LogP contribution in [0.25, 0.3) is 0 Å². The van der Waals surface area contributed by atoms with E-state index in [1.165, 1.54) is 0 Å². The Hall–Kier alpha value is -1.91. The number of amides is 1. The van der Waals surface area contributed by atoms with Gasteiger partial charge in [-0.3, -0.25) is 4.79 Å². The Labute approximate surface area is 111 Å². The molecule has 0 radical (unpaired) electrons. The number of carbonyl (C=O) groups excluding carboxylic acids is 2. The molecule has 0 unspecified atom stereocenters. The first-order chi connectivity index (χ1) is 9.24. The minimum Gasteiger partial charge on any atom is -0.461 e. The van der Waals surface area contributed by atoms with Crippen LogP contribution in [0.2, 0.25) is 0 Å². The molecule has 1 amide bonds. The Kier molecular flexibility index (Phi) is 3.19. The van der Waals surface area contributed by atoms with Gasteiger partial charge in [0.2, 0.25) is 5.91 Å². The number of ether oxygens (including phenoxy) is 1. The van der Waals surface area contributed by atoms with E-state index in [9.17, 15) is 9.59 Å². The summed E-state index contributed by atoms with van der Waals surface area (Å²) in [6, 6.07) is 5.57. The van der Waals surface area contributed by atoms with Gasteiger partial charge >= 0.3 is 5.97 Å². The Bertz CT molecular complexity index is 485. The average Bonchev–Trinajstić information content (AvgIpc) is 3.21. The highest BCUT2D eigenvalue weighted by Crippen LogP contribution is 2.32. The predicted octanol–water partition coefficient (Wildman–Crippen LogP) is 1.25. The summed E-state index contributed by atoms with van der Waals surface area (Å²) >= 11 is 0. The molecule has 19 heavy (non-hydrogen) atoms. The number of hydrogen-bond donors (Lipinski definition) is 0. The van der Waals surface area contributed by atoms with Gasteiger partial charge in [-0.15, -0.1) is 0 Å². The Morgan fingerprint density at radius 1 is 1.42 bits per heavy atom. The summed E-state index contributed by atoms with van der Waals surface area (Å²) in [6.07, 6.45) is 4.29. The van der Waals surface area contributed by atoms with Gasteiger partial charge in [-0.1, -0.05) is 6.07 Å². The molecule has 100 valence electrons. The SMILES string of the molecule is O=C(OC[C@@H]1CC(=O)N(C2CC2)C1)c1ccccn1. The van der Waals surface area contributed by atoms with Crippen LogP contribution in [0, 0.1) is 5.92 Å². The van der Waals surface area contributed by atoms with E-state index < -0.39 is 5.97 Å². The Morgan fingerprint density at radius 3 is 2.95 bits per heavy atom. The van der Waals surface area contributed by atoms with Crippen molar-refractivity contribution in [1.82, 2.24) is 9.88 Å². The minimum atomic E-state index is -0.419. The lowest BCUT2D eigenvalue weighted by Gasteiger charge is -2.15. The maximum Gasteiger partial charge on any atom is 0.356 e. The van der Waals surface area contributed by atoms with E-state index in [2.05, 4.69) is 4.98 Å². The first-order valence-corrected chi connectivity index (χ1v) is 6.61. The zero-order valence-electron chi connectivity index (χ0n) is 10.6. The molecule has 5 nitrogen and oxygen atoms in total. The number of nitrogens with zero attached hydrogens (tertiary/aromatic N) is 2. The molecule has 1 saturated carbocycles. The van der Waals surface area contributed by atoms with Crippen molar-refractivity contribution in [3.8, 4) is 0 Å². The van der Waals surface area contributed by atoms with Crippen molar-refractivity contribution >= 4 is 11.9 Å². The van der Waals surface area contributed by atoms with Crippen LogP contribution < -0.4 is 0 Å². The van der Waals surface area contributed by atoms with E-state index in [0.29, 0.717) is 24.8 Å². The minimum absolute atomic E-state index is 0.126. The van der Waals surface area contributed by atoms with E-state index in [1.54, 1.807) is 24.4 Å². The van der Waals surface area contributed by atoms with Crippen LogP contribution in [-0.4, -0.2) is 41.0 Å². The summed E-state index contributed by atoms with van der Waals surface area (Å²) in [7, 11) is 0. The topological polar surface area (TPSA) is 59.5 Å². The summed E-state index contributed by atoms with van der Waals surface area (Å²) in [5.41, 5.74) is 0.311. The molecule has 2 aliphatic rings. The molecule has 0 bridgehead atoms. The van der Waals surface area contributed by atoms with Gasteiger partial charge in [0.25, 0.3) is 0 Å². The van der Waals surface area contributed by atoms with Gasteiger partial charge in [0.15, 0.2) is 0 Å². The molecule has 3 rings (SSSR count). The van der Waals surface area contributed by atoms with Crippen LogP contribution in [0.15, 0.2) is 24.4 Å². The molecule has 1 aromatic rings. The summed E-state index contributed by atoms with van der Waals surface area (Å²) in [5, 5.41) is 0. The molecule has 2 heterocycles. The summed E-state index contributed by atoms with van der Waals surface area (Å²) < 4.78 is 5.23. The summed E-state index contributed by atoms with van der Waals surface area (Å²) in [6.45, 7) is 1.02. The van der Waals surface area contributed by atoms with Crippen LogP contribution in [-0.2, 0) is 9.53 Å². The fourth-order valence-corrected chi connectivity index (χ4v) is 2.41. The monoisotopic (exact) mass is 260 g/mol. The zero-order chi connectivity index (χ0) is 13.2. The highest BCUT2D eigenvalue weighted by molar-refractivity contribution is 5.87. The van der Waals surface area contributed by atoms with Crippen LogP contribution in [0.3, 0.4) is 0 Å². The van der Waals surface area contributed by atoms with Gasteiger partial charge in [-0.25, -0.2) is 9.78 Å². The van der Waals surface area contributed by atoms with E-state index in [0.717, 1.165) is 19.4 Å². The second kappa shape index (κ2) is 4.99. The average molecular weight is 260 g/mol. The quantitative estimate of drug-likeness (QED) is 0.764. The largest absolute Gasteiger partial charge is 0.461 e. The molecule has 1 aliphatic carbocycles.